The van der Waals surface area contributed by atoms with Crippen LogP contribution < -0.4 is 15.4 Å². The van der Waals surface area contributed by atoms with Crippen LogP contribution in [-0.2, 0) is 30.4 Å². The Hall–Kier alpha value is -6.16. The molecule has 16 nitrogen and oxygen atoms in total. The Balaban J connectivity index is 1.04. The van der Waals surface area contributed by atoms with Crippen LogP contribution in [0.3, 0.4) is 0 Å². The summed E-state index contributed by atoms with van der Waals surface area (Å²) in [4.78, 5) is 72.3. The number of fused-ring (bicyclic) bond motifs is 6. The molecule has 8 rings (SSSR count). The first kappa shape index (κ1) is 40.6. The highest BCUT2D eigenvalue weighted by molar-refractivity contribution is 6.07. The number of imidazole rings is 2. The maximum atomic E-state index is 13.9. The van der Waals surface area contributed by atoms with E-state index in [-0.39, 0.29) is 35.9 Å². The standard InChI is InChI=1S/C44H52N8O8/c1-22(2)36(49-43(55)58-6)42(54)52-23(3)10-15-34(52)39-45-20-32(47-39)26-11-13-28-27(17-26)21-60-35-19-29-25(18-30(28)35)12-14-31-38(29)48-40(46-31)33-9-8-16-51(33)41(53)37(24(4)57-5)50-44(56)59-7/h11-14,17-20,22-24,33-34,36-37H,8-10,15-16,21H2,1-7H3,(H,45,47)(H,46,48)(H,49,55)(H,50,56)/t23-,24+,33-,34-,36?,37-/m0/s1. The second kappa shape index (κ2) is 16.5. The van der Waals surface area contributed by atoms with E-state index in [2.05, 4.69) is 57.0 Å². The number of hydrogen-bond donors (Lipinski definition) is 4. The lowest BCUT2D eigenvalue weighted by atomic mass is 9.92. The average Bonchev–Trinajstić information content (AvgIpc) is 4.09. The fourth-order valence-corrected chi connectivity index (χ4v) is 8.97. The largest absolute Gasteiger partial charge is 0.488 e. The first-order chi connectivity index (χ1) is 28.9. The fraction of sp³-hybridized carbons (Fsp3) is 0.455. The van der Waals surface area contributed by atoms with Crippen LogP contribution in [0.2, 0.25) is 0 Å². The minimum atomic E-state index is -0.918. The molecule has 0 spiro atoms. The van der Waals surface area contributed by atoms with E-state index in [4.69, 9.17) is 28.9 Å². The Morgan fingerprint density at radius 1 is 0.850 bits per heavy atom. The quantitative estimate of drug-likeness (QED) is 0.121. The highest BCUT2D eigenvalue weighted by atomic mass is 16.5. The molecular weight excluding hydrogens is 769 g/mol. The number of H-pyrrole nitrogens is 2. The van der Waals surface area contributed by atoms with Crippen molar-refractivity contribution in [2.24, 2.45) is 5.92 Å². The molecule has 0 bridgehead atoms. The lowest BCUT2D eigenvalue weighted by Gasteiger charge is -2.32. The zero-order chi connectivity index (χ0) is 42.4. The van der Waals surface area contributed by atoms with E-state index >= 15 is 0 Å². The molecule has 4 amide bonds. The van der Waals surface area contributed by atoms with Crippen molar-refractivity contribution >= 4 is 45.8 Å². The van der Waals surface area contributed by atoms with Crippen molar-refractivity contribution in [3.8, 4) is 28.1 Å². The van der Waals surface area contributed by atoms with Gasteiger partial charge in [-0.05, 0) is 91.8 Å². The van der Waals surface area contributed by atoms with Gasteiger partial charge in [-0.25, -0.2) is 19.6 Å². The van der Waals surface area contributed by atoms with Gasteiger partial charge in [-0.2, -0.15) is 0 Å². The third-order valence-electron chi connectivity index (χ3n) is 12.3. The summed E-state index contributed by atoms with van der Waals surface area (Å²) in [5.74, 6) is 1.61. The average molecular weight is 821 g/mol. The van der Waals surface area contributed by atoms with Crippen molar-refractivity contribution in [3.63, 3.8) is 0 Å². The molecule has 1 unspecified atom stereocenters. The molecule has 3 aliphatic rings. The second-order valence-corrected chi connectivity index (χ2v) is 16.3. The van der Waals surface area contributed by atoms with E-state index in [1.807, 2.05) is 37.9 Å². The Morgan fingerprint density at radius 2 is 1.62 bits per heavy atom. The maximum Gasteiger partial charge on any atom is 0.407 e. The van der Waals surface area contributed by atoms with Gasteiger partial charge in [0, 0.05) is 30.6 Å². The van der Waals surface area contributed by atoms with Gasteiger partial charge in [-0.1, -0.05) is 32.0 Å². The van der Waals surface area contributed by atoms with Crippen molar-refractivity contribution in [2.45, 2.75) is 96.3 Å². The van der Waals surface area contributed by atoms with Gasteiger partial charge in [0.25, 0.3) is 0 Å². The number of benzene rings is 3. The van der Waals surface area contributed by atoms with Crippen LogP contribution in [0.15, 0.2) is 48.7 Å². The summed E-state index contributed by atoms with van der Waals surface area (Å²) in [5, 5.41) is 7.33. The maximum absolute atomic E-state index is 13.9. The third-order valence-corrected chi connectivity index (χ3v) is 12.3. The second-order valence-electron chi connectivity index (χ2n) is 16.3. The lowest BCUT2D eigenvalue weighted by Crippen LogP contribution is -2.54. The zero-order valence-corrected chi connectivity index (χ0v) is 35.0. The lowest BCUT2D eigenvalue weighted by molar-refractivity contribution is -0.138. The third kappa shape index (κ3) is 7.37. The fourth-order valence-electron chi connectivity index (χ4n) is 8.97. The van der Waals surface area contributed by atoms with E-state index in [9.17, 15) is 19.2 Å². The summed E-state index contributed by atoms with van der Waals surface area (Å²) in [6.07, 6.45) is 2.99. The molecule has 2 saturated heterocycles. The smallest absolute Gasteiger partial charge is 0.407 e. The minimum Gasteiger partial charge on any atom is -0.488 e. The molecule has 0 saturated carbocycles. The molecular formula is C44H52N8O8. The summed E-state index contributed by atoms with van der Waals surface area (Å²) in [6, 6.07) is 12.3. The Labute approximate surface area is 347 Å². The molecule has 4 N–H and O–H groups in total. The van der Waals surface area contributed by atoms with Crippen LogP contribution in [0.5, 0.6) is 5.75 Å². The Bertz CT molecular complexity index is 2460. The van der Waals surface area contributed by atoms with Gasteiger partial charge in [0.2, 0.25) is 11.8 Å². The summed E-state index contributed by atoms with van der Waals surface area (Å²) in [5.41, 5.74) is 6.52. The highest BCUT2D eigenvalue weighted by Gasteiger charge is 2.42. The molecule has 5 aromatic rings. The van der Waals surface area contributed by atoms with Crippen LogP contribution in [0.4, 0.5) is 9.59 Å². The molecule has 0 aliphatic carbocycles. The molecule has 0 radical (unpaired) electrons. The topological polar surface area (TPSA) is 193 Å². The molecule has 3 aromatic carbocycles. The van der Waals surface area contributed by atoms with Crippen molar-refractivity contribution in [1.29, 1.82) is 0 Å². The number of nitrogens with one attached hydrogen (secondary N) is 4. The van der Waals surface area contributed by atoms with Crippen molar-refractivity contribution in [1.82, 2.24) is 40.4 Å². The number of aromatic amines is 2. The van der Waals surface area contributed by atoms with Crippen LogP contribution in [0.1, 0.15) is 82.7 Å². The van der Waals surface area contributed by atoms with E-state index in [0.717, 1.165) is 81.2 Å². The number of methoxy groups -OCH3 is 3. The van der Waals surface area contributed by atoms with E-state index < -0.39 is 30.4 Å². The number of carbonyl (C=O) groups is 4. The van der Waals surface area contributed by atoms with Gasteiger partial charge < -0.3 is 49.3 Å². The van der Waals surface area contributed by atoms with Gasteiger partial charge in [-0.15, -0.1) is 0 Å². The zero-order valence-electron chi connectivity index (χ0n) is 35.0. The number of likely N-dealkylation sites (tertiary alicyclic amines) is 2. The Kier molecular flexibility index (Phi) is 11.2. The van der Waals surface area contributed by atoms with E-state index in [1.54, 1.807) is 11.8 Å². The summed E-state index contributed by atoms with van der Waals surface area (Å²) in [6.45, 7) is 8.47. The van der Waals surface area contributed by atoms with Gasteiger partial charge in [0.15, 0.2) is 0 Å². The monoisotopic (exact) mass is 820 g/mol. The summed E-state index contributed by atoms with van der Waals surface area (Å²) < 4.78 is 21.4. The van der Waals surface area contributed by atoms with Gasteiger partial charge in [-0.3, -0.25) is 9.59 Å². The van der Waals surface area contributed by atoms with Crippen molar-refractivity contribution in [3.05, 3.63) is 65.9 Å². The highest BCUT2D eigenvalue weighted by Crippen LogP contribution is 2.44. The molecule has 2 aromatic heterocycles. The number of ether oxygens (including phenoxy) is 4. The van der Waals surface area contributed by atoms with E-state index in [0.29, 0.717) is 24.8 Å². The number of hydrogen-bond acceptors (Lipinski definition) is 10. The molecule has 60 heavy (non-hydrogen) atoms. The SMILES string of the molecule is COC(=O)NC(C(=O)N1[C@@H](C)CC[C@H]1c1ncc(-c2ccc3c(c2)COc2cc4c(ccc5nc([C@@H]6CCCN6C(=O)[C@@H](NC(=O)OC)[C@@H](C)OC)[nH]c54)cc2-3)[nH]1)C(C)C. The van der Waals surface area contributed by atoms with Crippen LogP contribution >= 0.6 is 0 Å². The van der Waals surface area contributed by atoms with Gasteiger partial charge >= 0.3 is 12.2 Å². The van der Waals surface area contributed by atoms with Crippen molar-refractivity contribution < 1.29 is 38.1 Å². The molecule has 3 aliphatic heterocycles. The molecule has 6 atom stereocenters. The molecule has 316 valence electrons. The normalized spacial score (nSPS) is 20.0. The number of carbonyl (C=O) groups excluding carboxylic acids is 4. The first-order valence-electron chi connectivity index (χ1n) is 20.5. The number of aromatic nitrogens is 4. The summed E-state index contributed by atoms with van der Waals surface area (Å²) >= 11 is 0. The van der Waals surface area contributed by atoms with Gasteiger partial charge in [0.05, 0.1) is 55.3 Å². The van der Waals surface area contributed by atoms with Crippen LogP contribution in [-0.4, -0.2) is 106 Å². The summed E-state index contributed by atoms with van der Waals surface area (Å²) in [7, 11) is 4.05. The van der Waals surface area contributed by atoms with Crippen LogP contribution in [0, 0.1) is 5.92 Å². The predicted molar refractivity (Wildman–Crippen MR) is 223 cm³/mol. The molecule has 5 heterocycles. The minimum absolute atomic E-state index is 0.0185. The number of nitrogens with zero attached hydrogens (tertiary/aromatic N) is 4. The van der Waals surface area contributed by atoms with Gasteiger partial charge in [0.1, 0.15) is 36.1 Å². The molecule has 2 fully saturated rings. The number of rotatable bonds is 10. The Morgan fingerprint density at radius 3 is 2.35 bits per heavy atom. The van der Waals surface area contributed by atoms with E-state index in [1.165, 1.54) is 21.3 Å². The predicted octanol–water partition coefficient (Wildman–Crippen LogP) is 6.52. The van der Waals surface area contributed by atoms with Crippen molar-refractivity contribution in [2.75, 3.05) is 27.9 Å². The van der Waals surface area contributed by atoms with Crippen LogP contribution in [0.25, 0.3) is 44.2 Å². The number of alkyl carbamates (subject to hydrolysis) is 2. The molecule has 16 heteroatoms. The number of amides is 4. The first-order valence-corrected chi connectivity index (χ1v) is 20.5.